The van der Waals surface area contributed by atoms with E-state index in [1.807, 2.05) is 0 Å². The normalized spacial score (nSPS) is 15.2. The Morgan fingerprint density at radius 1 is 0.219 bits per heavy atom. The maximum absolute atomic E-state index is 3.78. The van der Waals surface area contributed by atoms with Gasteiger partial charge in [-0.05, 0) is 377 Å². The molecule has 8 aromatic carbocycles. The standard InChI is InChI=1S/C54H42N2.H83P81/c1-53(2)45-24-12-8-19-38(45)43-33-36(29-31-47(43)53)55(37-30-32-48-44(34-37)39-20-9-13-25-46(39)54(48,3)4)49-26-14-10-21-40(49)41-23-16-28-51-52(41)42-22-11-15-27-50(42)56(51)35-17-6-5-7-18-35;1-42-63(43(2)3)73(62(40)41)78(72(60(36)37)61(38)39)81(79(74(64(44(4)5)45(6)7)65(46(8)9)47(10)11)75(66(48(12)13)49(14)15)67(50(16)17)51(18)19)80(76(68(52(20)21)53(22)23)69(54(24)25)55(26)27)77(70(56(28)29)57(30)31)71(58(32)33)59(34)35/h5-34H,1-4H3;42H,1-41H2. The van der Waals surface area contributed by atoms with Crippen LogP contribution in [-0.4, -0.2) is 4.57 Å². The predicted octanol–water partition coefficient (Wildman–Crippen LogP) is 62.1. The zero-order chi connectivity index (χ0) is 102. The molecule has 2 aliphatic carbocycles. The quantitative estimate of drug-likeness (QED) is 0.0346. The van der Waals surface area contributed by atoms with Crippen molar-refractivity contribution in [2.75, 3.05) is 4.90 Å². The Balaban J connectivity index is 0.000000298. The van der Waals surface area contributed by atoms with Gasteiger partial charge in [0.1, 0.15) is 0 Å². The zero-order valence-corrected chi connectivity index (χ0v) is 157. The second-order valence-corrected chi connectivity index (χ2v) is 363. The van der Waals surface area contributed by atoms with Crippen LogP contribution in [0.15, 0.2) is 182 Å². The predicted molar refractivity (Wildman–Crippen MR) is 912 cm³/mol. The summed E-state index contributed by atoms with van der Waals surface area (Å²) in [6.07, 6.45) is 0. The van der Waals surface area contributed by atoms with Gasteiger partial charge >= 0.3 is 0 Å². The molecular weight excluding hydrogens is 3190 g/mol. The molecule has 0 spiro atoms. The van der Waals surface area contributed by atoms with E-state index in [0.717, 1.165) is 30.7 Å². The van der Waals surface area contributed by atoms with Crippen LogP contribution in [0, 0.1) is 0 Å². The second kappa shape index (κ2) is 71.0. The van der Waals surface area contributed by atoms with Crippen molar-refractivity contribution < 1.29 is 0 Å². The lowest BCUT2D eigenvalue weighted by atomic mass is 9.82. The van der Waals surface area contributed by atoms with E-state index in [1.165, 1.54) is 77.4 Å². The summed E-state index contributed by atoms with van der Waals surface area (Å²) in [6, 6.07) is 67.6. The van der Waals surface area contributed by atoms with E-state index in [4.69, 9.17) is 0 Å². The Kier molecular flexibility index (Phi) is 76.0. The molecule has 0 saturated heterocycles. The molecule has 1 heterocycles. The number of rotatable bonds is 44. The summed E-state index contributed by atoms with van der Waals surface area (Å²) in [6.45, 7) is -4.05. The molecule has 45 unspecified atom stereocenters. The largest absolute Gasteiger partial charge is 0.310 e. The fraction of sp³-hybridized carbons (Fsp3) is 0.111. The van der Waals surface area contributed by atoms with Crippen molar-refractivity contribution in [1.29, 1.82) is 0 Å². The Morgan fingerprint density at radius 3 is 0.774 bits per heavy atom. The van der Waals surface area contributed by atoms with Gasteiger partial charge in [0.15, 0.2) is 0 Å². The van der Waals surface area contributed by atoms with Crippen LogP contribution in [0.1, 0.15) is 49.9 Å². The van der Waals surface area contributed by atoms with Gasteiger partial charge in [-0.2, -0.15) is 0 Å². The summed E-state index contributed by atoms with van der Waals surface area (Å²) in [5.41, 5.74) is 20.1. The number of fused-ring (bicyclic) bond motifs is 9. The van der Waals surface area contributed by atoms with E-state index in [1.54, 1.807) is 0 Å². The summed E-state index contributed by atoms with van der Waals surface area (Å²) >= 11 is 0. The third kappa shape index (κ3) is 37.8. The number of anilines is 3. The second-order valence-electron chi connectivity index (χ2n) is 29.4. The number of benzene rings is 8. The molecular formula is C54H125N2P81. The average molecular weight is 3310 g/mol. The maximum atomic E-state index is 3.78. The van der Waals surface area contributed by atoms with Crippen molar-refractivity contribution in [3.63, 3.8) is 0 Å². The lowest BCUT2D eigenvalue weighted by Gasteiger charge is -2.62. The highest BCUT2D eigenvalue weighted by atomic mass is 33.6. The molecule has 0 saturated carbocycles. The molecule has 2 aliphatic rings. The van der Waals surface area contributed by atoms with E-state index in [9.17, 15) is 0 Å². The van der Waals surface area contributed by atoms with E-state index < -0.39 is 27.9 Å². The highest BCUT2D eigenvalue weighted by Crippen LogP contribution is 3.52. The SMILES string of the molecule is CC1(C)c2ccccc2-c2cc(N(c3ccc4c(c3)-c3ccccc3C4(C)C)c3ccccc3-c3cccc4c3c3ccccc3n4-c3ccccc3)ccc21.PPP(P(P)P)P(P(P)P)P(P(P(P)P)P(P)P)P(P(P(P(P(P)P)P(P)P)P(P(P)P)P(P)P)P(P(P(P)P)P(P)P)P(P(P)P)P(P)P)P(P(P(P(P)P)P(P)P)P(P(P)P)P(P)P)P(P(P(P)P)P(P)P)P(P(P)P)P(P)P. The van der Waals surface area contributed by atoms with Crippen molar-refractivity contribution in [2.24, 2.45) is 0 Å². The molecule has 45 atom stereocenters. The summed E-state index contributed by atoms with van der Waals surface area (Å²) in [5.74, 6) is 0. The Bertz CT molecular complexity index is 4930. The number of aromatic nitrogens is 1. The smallest absolute Gasteiger partial charge is 0.0547 e. The summed E-state index contributed by atoms with van der Waals surface area (Å²) in [4.78, 5) is 2.51. The number of hydrogen-bond donors (Lipinski definition) is 0. The fourth-order valence-corrected chi connectivity index (χ4v) is 1210. The van der Waals surface area contributed by atoms with Crippen LogP contribution >= 0.6 is 647 Å². The van der Waals surface area contributed by atoms with E-state index >= 15 is 0 Å². The highest BCUT2D eigenvalue weighted by molar-refractivity contribution is 9.58. The monoisotopic (exact) mass is 3310 g/mol. The molecule has 1 aromatic heterocycles. The number of hydrogen-bond acceptors (Lipinski definition) is 1. The molecule has 0 amide bonds. The molecule has 0 fully saturated rings. The van der Waals surface area contributed by atoms with Crippen molar-refractivity contribution >= 4 is 685 Å². The van der Waals surface area contributed by atoms with Crippen molar-refractivity contribution in [1.82, 2.24) is 4.57 Å². The van der Waals surface area contributed by atoms with Gasteiger partial charge in [0.25, 0.3) is 0 Å². The summed E-state index contributed by atoms with van der Waals surface area (Å²) in [5, 5.41) is 2.50. The molecule has 83 heteroatoms. The minimum absolute atomic E-state index is 0.0708. The van der Waals surface area contributed by atoms with Gasteiger partial charge in [-0.25, -0.2) is 0 Å². The first-order valence-electron chi connectivity index (χ1n) is 38.2. The summed E-state index contributed by atoms with van der Waals surface area (Å²) in [7, 11) is 152. The fourth-order valence-electron chi connectivity index (χ4n) is 15.0. The third-order valence-corrected chi connectivity index (χ3v) is 592. The van der Waals surface area contributed by atoms with Gasteiger partial charge in [-0.15, -0.1) is 366 Å². The third-order valence-electron chi connectivity index (χ3n) is 19.9. The lowest BCUT2D eigenvalue weighted by Crippen LogP contribution is -2.16. The van der Waals surface area contributed by atoms with Crippen LogP contribution in [0.25, 0.3) is 60.9 Å². The van der Waals surface area contributed by atoms with Gasteiger partial charge in [0.05, 0.1) is 16.7 Å². The van der Waals surface area contributed by atoms with Crippen molar-refractivity contribution in [3.05, 3.63) is 204 Å². The Labute approximate surface area is 963 Å². The molecule has 756 valence electrons. The first-order valence-corrected chi connectivity index (χ1v) is 186. The molecule has 2 nitrogen and oxygen atoms in total. The maximum Gasteiger partial charge on any atom is 0.0547 e. The highest BCUT2D eigenvalue weighted by Gasteiger charge is 2.65. The minimum atomic E-state index is -0.465. The van der Waals surface area contributed by atoms with Crippen molar-refractivity contribution in [3.8, 4) is 39.1 Å². The van der Waals surface area contributed by atoms with Gasteiger partial charge in [-0.3, -0.25) is 0 Å². The van der Waals surface area contributed by atoms with Gasteiger partial charge in [0, 0.05) is 44.2 Å². The van der Waals surface area contributed by atoms with Crippen LogP contribution in [0.3, 0.4) is 0 Å². The average Bonchev–Trinajstić information content (AvgIpc) is 1.71. The molecule has 0 bridgehead atoms. The molecule has 0 aliphatic heterocycles. The molecule has 11 rings (SSSR count). The van der Waals surface area contributed by atoms with Gasteiger partial charge < -0.3 is 9.47 Å². The molecule has 137 heavy (non-hydrogen) atoms. The minimum Gasteiger partial charge on any atom is -0.310 e. The molecule has 0 N–H and O–H groups in total. The molecule has 0 radical (unpaired) electrons. The van der Waals surface area contributed by atoms with Crippen LogP contribution in [0.5, 0.6) is 0 Å². The van der Waals surface area contributed by atoms with Crippen LogP contribution < -0.4 is 4.90 Å². The Morgan fingerprint density at radius 2 is 0.467 bits per heavy atom. The first kappa shape index (κ1) is 147. The lowest BCUT2D eigenvalue weighted by molar-refractivity contribution is 0.660. The topological polar surface area (TPSA) is 8.17 Å². The van der Waals surface area contributed by atoms with Crippen LogP contribution in [0.2, 0.25) is 0 Å². The van der Waals surface area contributed by atoms with E-state index in [0.29, 0.717) is 0 Å². The first-order chi connectivity index (χ1) is 64.2. The zero-order valence-electron chi connectivity index (χ0n) is 73.8. The van der Waals surface area contributed by atoms with Gasteiger partial charge in [0.2, 0.25) is 0 Å². The number of nitrogens with zero attached hydrogens (tertiary/aromatic N) is 2. The van der Waals surface area contributed by atoms with Crippen LogP contribution in [-0.2, 0) is 10.8 Å². The number of para-hydroxylation sites is 3. The van der Waals surface area contributed by atoms with Crippen molar-refractivity contribution in [2.45, 2.75) is 38.5 Å². The van der Waals surface area contributed by atoms with E-state index in [2.05, 4.69) is 585 Å². The summed E-state index contributed by atoms with van der Waals surface area (Å²) < 4.78 is 2.41. The Hall–Kier alpha value is 28.2. The van der Waals surface area contributed by atoms with Crippen LogP contribution in [0.4, 0.5) is 17.1 Å². The van der Waals surface area contributed by atoms with Gasteiger partial charge in [-0.1, -0.05) is 163 Å². The molecule has 9 aromatic rings. The van der Waals surface area contributed by atoms with E-state index in [-0.39, 0.29) is 255 Å².